The number of rotatable bonds is 5. The zero-order valence-corrected chi connectivity index (χ0v) is 11.7. The third kappa shape index (κ3) is 4.48. The van der Waals surface area contributed by atoms with Crippen LogP contribution in [0.2, 0.25) is 0 Å². The standard InChI is InChI=1S/C16H17F3N2/c1-12(9-10-13-6-3-2-4-7-13)21-15-14(16(17,18)19)8-5-11-20-15/h2-8,11-12H,9-10H2,1H3,(H,20,21). The van der Waals surface area contributed by atoms with E-state index in [4.69, 9.17) is 0 Å². The first-order chi connectivity index (χ1) is 9.97. The van der Waals surface area contributed by atoms with E-state index in [-0.39, 0.29) is 11.9 Å². The fraction of sp³-hybridized carbons (Fsp3) is 0.312. The van der Waals surface area contributed by atoms with Crippen molar-refractivity contribution in [3.8, 4) is 0 Å². The molecule has 0 fully saturated rings. The number of benzene rings is 1. The second-order valence-corrected chi connectivity index (χ2v) is 4.97. The van der Waals surface area contributed by atoms with Crippen LogP contribution in [0.5, 0.6) is 0 Å². The van der Waals surface area contributed by atoms with Gasteiger partial charge in [0.25, 0.3) is 0 Å². The van der Waals surface area contributed by atoms with E-state index >= 15 is 0 Å². The van der Waals surface area contributed by atoms with Crippen LogP contribution in [0.4, 0.5) is 19.0 Å². The molecule has 5 heteroatoms. The number of nitrogens with one attached hydrogen (secondary N) is 1. The van der Waals surface area contributed by atoms with Gasteiger partial charge in [-0.1, -0.05) is 30.3 Å². The van der Waals surface area contributed by atoms with E-state index in [0.29, 0.717) is 0 Å². The summed E-state index contributed by atoms with van der Waals surface area (Å²) in [7, 11) is 0. The first-order valence-corrected chi connectivity index (χ1v) is 6.79. The van der Waals surface area contributed by atoms with Crippen molar-refractivity contribution >= 4 is 5.82 Å². The predicted molar refractivity (Wildman–Crippen MR) is 77.1 cm³/mol. The van der Waals surface area contributed by atoms with Gasteiger partial charge in [0.05, 0.1) is 5.56 Å². The summed E-state index contributed by atoms with van der Waals surface area (Å²) in [5, 5.41) is 2.86. The molecule has 1 N–H and O–H groups in total. The molecule has 2 rings (SSSR count). The van der Waals surface area contributed by atoms with E-state index < -0.39 is 11.7 Å². The molecule has 1 aromatic carbocycles. The number of hydrogen-bond acceptors (Lipinski definition) is 2. The quantitative estimate of drug-likeness (QED) is 0.876. The van der Waals surface area contributed by atoms with Gasteiger partial charge in [-0.15, -0.1) is 0 Å². The van der Waals surface area contributed by atoms with Gasteiger partial charge in [-0.2, -0.15) is 13.2 Å². The van der Waals surface area contributed by atoms with Crippen LogP contribution in [0.1, 0.15) is 24.5 Å². The van der Waals surface area contributed by atoms with Crippen LogP contribution in [0.25, 0.3) is 0 Å². The Labute approximate surface area is 122 Å². The van der Waals surface area contributed by atoms with Crippen LogP contribution < -0.4 is 5.32 Å². The maximum absolute atomic E-state index is 12.9. The molecule has 0 saturated carbocycles. The molecule has 1 aromatic heterocycles. The lowest BCUT2D eigenvalue weighted by Crippen LogP contribution is -2.20. The summed E-state index contributed by atoms with van der Waals surface area (Å²) in [6, 6.07) is 12.1. The molecule has 0 spiro atoms. The highest BCUT2D eigenvalue weighted by Gasteiger charge is 2.34. The number of pyridine rings is 1. The monoisotopic (exact) mass is 294 g/mol. The van der Waals surface area contributed by atoms with Crippen molar-refractivity contribution < 1.29 is 13.2 Å². The smallest absolute Gasteiger partial charge is 0.367 e. The van der Waals surface area contributed by atoms with Crippen molar-refractivity contribution in [2.75, 3.05) is 5.32 Å². The van der Waals surface area contributed by atoms with Gasteiger partial charge in [-0.25, -0.2) is 4.98 Å². The SMILES string of the molecule is CC(CCc1ccccc1)Nc1ncccc1C(F)(F)F. The molecule has 2 nitrogen and oxygen atoms in total. The first-order valence-electron chi connectivity index (χ1n) is 6.79. The molecule has 0 aliphatic rings. The molecule has 0 amide bonds. The second kappa shape index (κ2) is 6.61. The summed E-state index contributed by atoms with van der Waals surface area (Å²) in [5.74, 6) is -0.106. The summed E-state index contributed by atoms with van der Waals surface area (Å²) in [5.41, 5.74) is 0.444. The van der Waals surface area contributed by atoms with Gasteiger partial charge < -0.3 is 5.32 Å². The van der Waals surface area contributed by atoms with Crippen LogP contribution in [0, 0.1) is 0 Å². The van der Waals surface area contributed by atoms with E-state index in [9.17, 15) is 13.2 Å². The minimum absolute atomic E-state index is 0.0961. The normalized spacial score (nSPS) is 13.0. The lowest BCUT2D eigenvalue weighted by atomic mass is 10.1. The molecule has 0 aliphatic carbocycles. The molecule has 0 bridgehead atoms. The minimum atomic E-state index is -4.39. The Morgan fingerprint density at radius 3 is 2.48 bits per heavy atom. The van der Waals surface area contributed by atoms with Crippen molar-refractivity contribution in [2.24, 2.45) is 0 Å². The number of alkyl halides is 3. The summed E-state index contributed by atoms with van der Waals surface area (Å²) >= 11 is 0. The van der Waals surface area contributed by atoms with Crippen molar-refractivity contribution in [3.63, 3.8) is 0 Å². The third-order valence-corrected chi connectivity index (χ3v) is 3.21. The third-order valence-electron chi connectivity index (χ3n) is 3.21. The number of aromatic nitrogens is 1. The Balaban J connectivity index is 1.98. The number of anilines is 1. The van der Waals surface area contributed by atoms with Gasteiger partial charge in [-0.05, 0) is 37.5 Å². The molecular weight excluding hydrogens is 277 g/mol. The zero-order valence-electron chi connectivity index (χ0n) is 11.7. The highest BCUT2D eigenvalue weighted by molar-refractivity contribution is 5.46. The summed E-state index contributed by atoms with van der Waals surface area (Å²) < 4.78 is 38.6. The lowest BCUT2D eigenvalue weighted by Gasteiger charge is -2.18. The number of halogens is 3. The van der Waals surface area contributed by atoms with Gasteiger partial charge in [-0.3, -0.25) is 0 Å². The van der Waals surface area contributed by atoms with Gasteiger partial charge >= 0.3 is 6.18 Å². The second-order valence-electron chi connectivity index (χ2n) is 4.97. The fourth-order valence-electron chi connectivity index (χ4n) is 2.08. The topological polar surface area (TPSA) is 24.9 Å². The molecule has 112 valence electrons. The maximum Gasteiger partial charge on any atom is 0.419 e. The Morgan fingerprint density at radius 1 is 1.10 bits per heavy atom. The van der Waals surface area contributed by atoms with E-state index in [1.807, 2.05) is 37.3 Å². The fourth-order valence-corrected chi connectivity index (χ4v) is 2.08. The van der Waals surface area contributed by atoms with E-state index in [1.165, 1.54) is 17.8 Å². The van der Waals surface area contributed by atoms with Crippen LogP contribution in [0.3, 0.4) is 0 Å². The van der Waals surface area contributed by atoms with Crippen molar-refractivity contribution in [2.45, 2.75) is 32.0 Å². The van der Waals surface area contributed by atoms with Crippen molar-refractivity contribution in [1.82, 2.24) is 4.98 Å². The van der Waals surface area contributed by atoms with Crippen molar-refractivity contribution in [1.29, 1.82) is 0 Å². The van der Waals surface area contributed by atoms with E-state index in [2.05, 4.69) is 10.3 Å². The van der Waals surface area contributed by atoms with Crippen LogP contribution in [-0.2, 0) is 12.6 Å². The molecule has 21 heavy (non-hydrogen) atoms. The number of aryl methyl sites for hydroxylation is 1. The number of hydrogen-bond donors (Lipinski definition) is 1. The highest BCUT2D eigenvalue weighted by atomic mass is 19.4. The molecular formula is C16H17F3N2. The molecule has 0 radical (unpaired) electrons. The van der Waals surface area contributed by atoms with Crippen molar-refractivity contribution in [3.05, 3.63) is 59.8 Å². The molecule has 1 unspecified atom stereocenters. The van der Waals surface area contributed by atoms with Gasteiger partial charge in [0.1, 0.15) is 5.82 Å². The summed E-state index contributed by atoms with van der Waals surface area (Å²) in [4.78, 5) is 3.81. The van der Waals surface area contributed by atoms with Crippen LogP contribution >= 0.6 is 0 Å². The van der Waals surface area contributed by atoms with Gasteiger partial charge in [0.15, 0.2) is 0 Å². The molecule has 1 atom stereocenters. The molecule has 2 aromatic rings. The average molecular weight is 294 g/mol. The Morgan fingerprint density at radius 2 is 1.81 bits per heavy atom. The molecule has 1 heterocycles. The largest absolute Gasteiger partial charge is 0.419 e. The van der Waals surface area contributed by atoms with E-state index in [0.717, 1.165) is 18.9 Å². The molecule has 0 saturated heterocycles. The highest BCUT2D eigenvalue weighted by Crippen LogP contribution is 2.33. The van der Waals surface area contributed by atoms with Crippen LogP contribution in [0.15, 0.2) is 48.7 Å². The minimum Gasteiger partial charge on any atom is -0.367 e. The zero-order chi connectivity index (χ0) is 15.3. The van der Waals surface area contributed by atoms with E-state index in [1.54, 1.807) is 0 Å². The Hall–Kier alpha value is -2.04. The summed E-state index contributed by atoms with van der Waals surface area (Å²) in [6.45, 7) is 1.86. The lowest BCUT2D eigenvalue weighted by molar-refractivity contribution is -0.137. The molecule has 0 aliphatic heterocycles. The number of nitrogens with zero attached hydrogens (tertiary/aromatic N) is 1. The van der Waals surface area contributed by atoms with Gasteiger partial charge in [0, 0.05) is 12.2 Å². The average Bonchev–Trinajstić information content (AvgIpc) is 2.46. The first kappa shape index (κ1) is 15.4. The van der Waals surface area contributed by atoms with Gasteiger partial charge in [0.2, 0.25) is 0 Å². The Kier molecular flexibility index (Phi) is 4.83. The Bertz CT molecular complexity index is 567. The maximum atomic E-state index is 12.9. The predicted octanol–water partition coefficient (Wildman–Crippen LogP) is 4.53. The summed E-state index contributed by atoms with van der Waals surface area (Å²) in [6.07, 6.45) is -1.49. The van der Waals surface area contributed by atoms with Crippen LogP contribution in [-0.4, -0.2) is 11.0 Å².